The number of hydrogen-bond donors (Lipinski definition) is 1. The fourth-order valence-corrected chi connectivity index (χ4v) is 3.04. The van der Waals surface area contributed by atoms with Gasteiger partial charge in [-0.3, -0.25) is 4.79 Å². The summed E-state index contributed by atoms with van der Waals surface area (Å²) in [5.74, 6) is 1.51. The van der Waals surface area contributed by atoms with Crippen LogP contribution >= 0.6 is 11.8 Å². The van der Waals surface area contributed by atoms with Crippen LogP contribution in [0, 0.1) is 20.8 Å². The van der Waals surface area contributed by atoms with Crippen molar-refractivity contribution in [2.75, 3.05) is 0 Å². The quantitative estimate of drug-likeness (QED) is 0.850. The van der Waals surface area contributed by atoms with Gasteiger partial charge in [-0.15, -0.1) is 0 Å². The molecule has 0 unspecified atom stereocenters. The molecule has 1 amide bonds. The van der Waals surface area contributed by atoms with Crippen LogP contribution in [-0.2, 0) is 4.79 Å². The maximum atomic E-state index is 12.1. The molecule has 0 atom stereocenters. The molecule has 2 aromatic rings. The van der Waals surface area contributed by atoms with Crippen LogP contribution in [0.25, 0.3) is 6.08 Å². The summed E-state index contributed by atoms with van der Waals surface area (Å²) in [5, 5.41) is 3.40. The molecule has 0 aliphatic carbocycles. The van der Waals surface area contributed by atoms with E-state index in [-0.39, 0.29) is 5.91 Å². The van der Waals surface area contributed by atoms with E-state index in [0.29, 0.717) is 10.1 Å². The first-order valence-electron chi connectivity index (χ1n) is 6.95. The Morgan fingerprint density at radius 2 is 2.00 bits per heavy atom. The minimum atomic E-state index is -0.129. The van der Waals surface area contributed by atoms with Gasteiger partial charge in [0.1, 0.15) is 11.5 Å². The summed E-state index contributed by atoms with van der Waals surface area (Å²) in [6, 6.07) is 9.75. The van der Waals surface area contributed by atoms with Crippen molar-refractivity contribution in [3.63, 3.8) is 0 Å². The lowest BCUT2D eigenvalue weighted by atomic mass is 10.2. The number of benzene rings is 1. The normalized spacial score (nSPS) is 18.2. The molecule has 1 saturated heterocycles. The number of amidine groups is 1. The van der Waals surface area contributed by atoms with Crippen molar-refractivity contribution in [3.05, 3.63) is 57.9 Å². The van der Waals surface area contributed by atoms with Gasteiger partial charge in [-0.25, -0.2) is 4.99 Å². The molecule has 1 aliphatic heterocycles. The lowest BCUT2D eigenvalue weighted by Gasteiger charge is -1.99. The van der Waals surface area contributed by atoms with Crippen molar-refractivity contribution in [1.82, 2.24) is 5.32 Å². The van der Waals surface area contributed by atoms with Crippen LogP contribution in [0.3, 0.4) is 0 Å². The molecule has 1 N–H and O–H groups in total. The first-order valence-corrected chi connectivity index (χ1v) is 7.77. The number of thioether (sulfide) groups is 1. The number of aryl methyl sites for hydroxylation is 3. The molecule has 1 aliphatic rings. The Bertz CT molecular complexity index is 803. The number of nitrogens with one attached hydrogen (secondary N) is 1. The van der Waals surface area contributed by atoms with E-state index >= 15 is 0 Å². The molecule has 1 aromatic heterocycles. The number of carbonyl (C=O) groups excluding carboxylic acids is 1. The molecule has 0 saturated carbocycles. The third-order valence-electron chi connectivity index (χ3n) is 3.35. The lowest BCUT2D eigenvalue weighted by molar-refractivity contribution is -0.115. The van der Waals surface area contributed by atoms with Gasteiger partial charge >= 0.3 is 0 Å². The highest BCUT2D eigenvalue weighted by molar-refractivity contribution is 8.18. The summed E-state index contributed by atoms with van der Waals surface area (Å²) >= 11 is 1.34. The highest BCUT2D eigenvalue weighted by atomic mass is 32.2. The van der Waals surface area contributed by atoms with Gasteiger partial charge in [0.2, 0.25) is 0 Å². The maximum Gasteiger partial charge on any atom is 0.264 e. The second kappa shape index (κ2) is 5.85. The standard InChI is InChI=1S/C17H16N2O2S/c1-10-6-4-5-7-14(10)18-17-19-16(20)15(22-17)9-13-8-11(2)21-12(13)3/h4-9H,1-3H3,(H,18,19,20)/b15-9-. The monoisotopic (exact) mass is 312 g/mol. The van der Waals surface area contributed by atoms with E-state index in [2.05, 4.69) is 10.3 Å². The molecule has 5 heteroatoms. The van der Waals surface area contributed by atoms with Crippen molar-refractivity contribution < 1.29 is 9.21 Å². The van der Waals surface area contributed by atoms with E-state index in [1.165, 1.54) is 11.8 Å². The Labute approximate surface area is 133 Å². The zero-order chi connectivity index (χ0) is 15.7. The predicted octanol–water partition coefficient (Wildman–Crippen LogP) is 4.10. The third-order valence-corrected chi connectivity index (χ3v) is 4.26. The number of aliphatic imine (C=N–C) groups is 1. The van der Waals surface area contributed by atoms with Crippen molar-refractivity contribution in [1.29, 1.82) is 0 Å². The summed E-state index contributed by atoms with van der Waals surface area (Å²) in [7, 11) is 0. The van der Waals surface area contributed by atoms with Gasteiger partial charge in [0.05, 0.1) is 10.6 Å². The number of hydrogen-bond acceptors (Lipinski definition) is 4. The molecule has 3 rings (SSSR count). The first kappa shape index (κ1) is 14.7. The van der Waals surface area contributed by atoms with Crippen molar-refractivity contribution in [2.24, 2.45) is 4.99 Å². The smallest absolute Gasteiger partial charge is 0.264 e. The number of para-hydroxylation sites is 1. The van der Waals surface area contributed by atoms with Gasteiger partial charge in [0, 0.05) is 5.56 Å². The SMILES string of the molecule is Cc1cc(/C=C2\SC(=Nc3ccccc3C)NC2=O)c(C)o1. The highest BCUT2D eigenvalue weighted by Gasteiger charge is 2.24. The summed E-state index contributed by atoms with van der Waals surface area (Å²) in [4.78, 5) is 17.2. The Hall–Kier alpha value is -2.27. The second-order valence-corrected chi connectivity index (χ2v) is 6.17. The zero-order valence-electron chi connectivity index (χ0n) is 12.6. The van der Waals surface area contributed by atoms with Crippen LogP contribution in [0.15, 0.2) is 44.6 Å². The van der Waals surface area contributed by atoms with Crippen molar-refractivity contribution in [2.45, 2.75) is 20.8 Å². The van der Waals surface area contributed by atoms with Crippen molar-refractivity contribution in [3.8, 4) is 0 Å². The second-order valence-electron chi connectivity index (χ2n) is 5.14. The molecule has 4 nitrogen and oxygen atoms in total. The van der Waals surface area contributed by atoms with Crippen LogP contribution in [0.1, 0.15) is 22.6 Å². The minimum Gasteiger partial charge on any atom is -0.466 e. The third kappa shape index (κ3) is 2.99. The summed E-state index contributed by atoms with van der Waals surface area (Å²) in [6.45, 7) is 5.77. The minimum absolute atomic E-state index is 0.129. The van der Waals surface area contributed by atoms with Gasteiger partial charge in [0.15, 0.2) is 5.17 Å². The fourth-order valence-electron chi connectivity index (χ4n) is 2.21. The van der Waals surface area contributed by atoms with Gasteiger partial charge in [-0.1, -0.05) is 18.2 Å². The molecular weight excluding hydrogens is 296 g/mol. The lowest BCUT2D eigenvalue weighted by Crippen LogP contribution is -2.19. The van der Waals surface area contributed by atoms with Gasteiger partial charge < -0.3 is 9.73 Å². The summed E-state index contributed by atoms with van der Waals surface area (Å²) < 4.78 is 5.48. The van der Waals surface area contributed by atoms with Crippen LogP contribution in [-0.4, -0.2) is 11.1 Å². The first-order chi connectivity index (χ1) is 10.5. The van der Waals surface area contributed by atoms with E-state index in [1.807, 2.05) is 57.2 Å². The molecule has 0 radical (unpaired) electrons. The van der Waals surface area contributed by atoms with Gasteiger partial charge in [-0.2, -0.15) is 0 Å². The van der Waals surface area contributed by atoms with E-state index in [9.17, 15) is 4.79 Å². The van der Waals surface area contributed by atoms with E-state index in [4.69, 9.17) is 4.42 Å². The molecular formula is C17H16N2O2S. The summed E-state index contributed by atoms with van der Waals surface area (Å²) in [5.41, 5.74) is 2.86. The highest BCUT2D eigenvalue weighted by Crippen LogP contribution is 2.30. The molecule has 112 valence electrons. The van der Waals surface area contributed by atoms with Crippen LogP contribution in [0.5, 0.6) is 0 Å². The van der Waals surface area contributed by atoms with Gasteiger partial charge in [0.25, 0.3) is 5.91 Å². The number of rotatable bonds is 2. The number of furan rings is 1. The number of carbonyl (C=O) groups is 1. The molecule has 0 spiro atoms. The molecule has 2 heterocycles. The maximum absolute atomic E-state index is 12.1. The van der Waals surface area contributed by atoms with Crippen LogP contribution in [0.2, 0.25) is 0 Å². The molecule has 1 fully saturated rings. The Morgan fingerprint density at radius 1 is 1.23 bits per heavy atom. The Kier molecular flexibility index (Phi) is 3.90. The summed E-state index contributed by atoms with van der Waals surface area (Å²) in [6.07, 6.45) is 1.84. The number of nitrogens with zero attached hydrogens (tertiary/aromatic N) is 1. The average Bonchev–Trinajstić information content (AvgIpc) is 2.96. The molecule has 1 aromatic carbocycles. The predicted molar refractivity (Wildman–Crippen MR) is 90.2 cm³/mol. The van der Waals surface area contributed by atoms with Crippen molar-refractivity contribution >= 4 is 34.6 Å². The largest absolute Gasteiger partial charge is 0.466 e. The average molecular weight is 312 g/mol. The Balaban J connectivity index is 1.88. The topological polar surface area (TPSA) is 54.6 Å². The van der Waals surface area contributed by atoms with E-state index in [1.54, 1.807) is 0 Å². The van der Waals surface area contributed by atoms with E-state index in [0.717, 1.165) is 28.3 Å². The molecule has 22 heavy (non-hydrogen) atoms. The fraction of sp³-hybridized carbons (Fsp3) is 0.176. The van der Waals surface area contributed by atoms with Gasteiger partial charge in [-0.05, 0) is 56.3 Å². The number of amides is 1. The van der Waals surface area contributed by atoms with Crippen LogP contribution < -0.4 is 5.32 Å². The zero-order valence-corrected chi connectivity index (χ0v) is 13.5. The van der Waals surface area contributed by atoms with Crippen LogP contribution in [0.4, 0.5) is 5.69 Å². The Morgan fingerprint density at radius 3 is 2.68 bits per heavy atom. The molecule has 0 bridgehead atoms. The van der Waals surface area contributed by atoms with E-state index < -0.39 is 0 Å².